The Hall–Kier alpha value is -1.37. The predicted molar refractivity (Wildman–Crippen MR) is 59.2 cm³/mol. The Labute approximate surface area is 98.6 Å². The first-order chi connectivity index (χ1) is 6.93. The van der Waals surface area contributed by atoms with Crippen LogP contribution in [0.15, 0.2) is 54.6 Å². The van der Waals surface area contributed by atoms with Crippen LogP contribution in [0.1, 0.15) is 0 Å². The van der Waals surface area contributed by atoms with E-state index in [1.807, 2.05) is 36.4 Å². The molecule has 3 rings (SSSR count). The molecular formula is C13H9FeN. The van der Waals surface area contributed by atoms with Crippen LogP contribution in [0.2, 0.25) is 0 Å². The SMILES string of the molecule is [Fe].c1ccc2nc3ccccc3cc2c1. The summed E-state index contributed by atoms with van der Waals surface area (Å²) in [6.07, 6.45) is 0. The number of aromatic nitrogens is 1. The van der Waals surface area contributed by atoms with Crippen molar-refractivity contribution in [1.82, 2.24) is 4.98 Å². The summed E-state index contributed by atoms with van der Waals surface area (Å²) in [6, 6.07) is 18.6. The van der Waals surface area contributed by atoms with Crippen LogP contribution in [0.25, 0.3) is 21.8 Å². The molecule has 0 spiro atoms. The Morgan fingerprint density at radius 2 is 1.13 bits per heavy atom. The topological polar surface area (TPSA) is 12.9 Å². The molecule has 1 nitrogen and oxygen atoms in total. The standard InChI is InChI=1S/C13H9N.Fe/c1-3-7-12-10(5-1)9-11-6-2-4-8-13(11)14-12;/h1-9H;. The number of fused-ring (bicyclic) bond motifs is 2. The second-order valence-electron chi connectivity index (χ2n) is 3.37. The van der Waals surface area contributed by atoms with E-state index in [1.54, 1.807) is 0 Å². The second kappa shape index (κ2) is 4.01. The van der Waals surface area contributed by atoms with Crippen molar-refractivity contribution >= 4 is 21.8 Å². The van der Waals surface area contributed by atoms with Crippen molar-refractivity contribution in [3.05, 3.63) is 54.6 Å². The number of nitrogens with zero attached hydrogens (tertiary/aromatic N) is 1. The summed E-state index contributed by atoms with van der Waals surface area (Å²) in [5.74, 6) is 0. The first-order valence-electron chi connectivity index (χ1n) is 4.68. The molecular weight excluding hydrogens is 226 g/mol. The molecule has 15 heavy (non-hydrogen) atoms. The van der Waals surface area contributed by atoms with Crippen molar-refractivity contribution in [2.75, 3.05) is 0 Å². The van der Waals surface area contributed by atoms with Gasteiger partial charge in [-0.25, -0.2) is 4.98 Å². The Kier molecular flexibility index (Phi) is 2.72. The Balaban J connectivity index is 0.000000853. The van der Waals surface area contributed by atoms with Crippen LogP contribution >= 0.6 is 0 Å². The molecule has 0 saturated carbocycles. The van der Waals surface area contributed by atoms with Crippen molar-refractivity contribution in [1.29, 1.82) is 0 Å². The van der Waals surface area contributed by atoms with Crippen LogP contribution in [-0.4, -0.2) is 4.98 Å². The van der Waals surface area contributed by atoms with Gasteiger partial charge in [0.15, 0.2) is 0 Å². The summed E-state index contributed by atoms with van der Waals surface area (Å²) in [5.41, 5.74) is 2.12. The molecule has 2 aromatic carbocycles. The van der Waals surface area contributed by atoms with Crippen LogP contribution in [-0.2, 0) is 17.1 Å². The van der Waals surface area contributed by atoms with E-state index in [2.05, 4.69) is 23.2 Å². The van der Waals surface area contributed by atoms with Crippen LogP contribution in [0.4, 0.5) is 0 Å². The average Bonchev–Trinajstić information content (AvgIpc) is 2.26. The normalized spacial score (nSPS) is 10.1. The van der Waals surface area contributed by atoms with Crippen molar-refractivity contribution in [2.24, 2.45) is 0 Å². The summed E-state index contributed by atoms with van der Waals surface area (Å²) >= 11 is 0. The zero-order valence-electron chi connectivity index (χ0n) is 8.00. The molecule has 74 valence electrons. The molecule has 0 amide bonds. The quantitative estimate of drug-likeness (QED) is 0.430. The molecule has 3 aromatic rings. The number of hydrogen-bond donors (Lipinski definition) is 0. The molecule has 0 bridgehead atoms. The van der Waals surface area contributed by atoms with Crippen molar-refractivity contribution in [2.45, 2.75) is 0 Å². The largest absolute Gasteiger partial charge is 0.248 e. The second-order valence-corrected chi connectivity index (χ2v) is 3.37. The molecule has 1 heterocycles. The average molecular weight is 235 g/mol. The van der Waals surface area contributed by atoms with Gasteiger partial charge in [-0.15, -0.1) is 0 Å². The van der Waals surface area contributed by atoms with Gasteiger partial charge in [0.1, 0.15) is 0 Å². The number of hydrogen-bond acceptors (Lipinski definition) is 1. The van der Waals surface area contributed by atoms with Gasteiger partial charge in [-0.1, -0.05) is 36.4 Å². The minimum Gasteiger partial charge on any atom is -0.248 e. The molecule has 0 saturated heterocycles. The summed E-state index contributed by atoms with van der Waals surface area (Å²) < 4.78 is 0. The summed E-state index contributed by atoms with van der Waals surface area (Å²) in [5, 5.41) is 2.40. The van der Waals surface area contributed by atoms with Gasteiger partial charge in [0.25, 0.3) is 0 Å². The fourth-order valence-corrected chi connectivity index (χ4v) is 1.72. The van der Waals surface area contributed by atoms with Gasteiger partial charge in [-0.2, -0.15) is 0 Å². The molecule has 0 aliphatic carbocycles. The molecule has 0 N–H and O–H groups in total. The third kappa shape index (κ3) is 1.74. The molecule has 2 heteroatoms. The molecule has 0 aliphatic rings. The van der Waals surface area contributed by atoms with Crippen LogP contribution < -0.4 is 0 Å². The number of rotatable bonds is 0. The predicted octanol–water partition coefficient (Wildman–Crippen LogP) is 3.39. The molecule has 0 fully saturated rings. The fraction of sp³-hybridized carbons (Fsp3) is 0. The number of pyridine rings is 1. The van der Waals surface area contributed by atoms with Gasteiger partial charge in [-0.05, 0) is 18.2 Å². The molecule has 0 radical (unpaired) electrons. The molecule has 0 atom stereocenters. The summed E-state index contributed by atoms with van der Waals surface area (Å²) in [4.78, 5) is 4.58. The minimum absolute atomic E-state index is 0. The fourth-order valence-electron chi connectivity index (χ4n) is 1.72. The zero-order valence-corrected chi connectivity index (χ0v) is 9.10. The van der Waals surface area contributed by atoms with Crippen molar-refractivity contribution < 1.29 is 17.1 Å². The van der Waals surface area contributed by atoms with Gasteiger partial charge in [0.05, 0.1) is 11.0 Å². The van der Waals surface area contributed by atoms with E-state index in [1.165, 1.54) is 10.8 Å². The van der Waals surface area contributed by atoms with E-state index < -0.39 is 0 Å². The maximum atomic E-state index is 4.58. The van der Waals surface area contributed by atoms with Gasteiger partial charge in [-0.3, -0.25) is 0 Å². The van der Waals surface area contributed by atoms with E-state index in [9.17, 15) is 0 Å². The van der Waals surface area contributed by atoms with Gasteiger partial charge in [0, 0.05) is 27.8 Å². The molecule has 0 aliphatic heterocycles. The van der Waals surface area contributed by atoms with Gasteiger partial charge < -0.3 is 0 Å². The molecule has 1 aromatic heterocycles. The smallest absolute Gasteiger partial charge is 0.0709 e. The van der Waals surface area contributed by atoms with Gasteiger partial charge >= 0.3 is 0 Å². The first kappa shape index (κ1) is 10.2. The zero-order chi connectivity index (χ0) is 9.38. The molecule has 0 unspecified atom stereocenters. The Morgan fingerprint density at radius 3 is 1.67 bits per heavy atom. The minimum atomic E-state index is 0. The number of benzene rings is 2. The van der Waals surface area contributed by atoms with Crippen LogP contribution in [0, 0.1) is 0 Å². The van der Waals surface area contributed by atoms with Crippen LogP contribution in [0.3, 0.4) is 0 Å². The first-order valence-corrected chi connectivity index (χ1v) is 4.68. The third-order valence-electron chi connectivity index (χ3n) is 2.43. The maximum Gasteiger partial charge on any atom is 0.0709 e. The van der Waals surface area contributed by atoms with Gasteiger partial charge in [0.2, 0.25) is 0 Å². The van der Waals surface area contributed by atoms with E-state index in [4.69, 9.17) is 0 Å². The van der Waals surface area contributed by atoms with E-state index in [0.29, 0.717) is 0 Å². The maximum absolute atomic E-state index is 4.58. The Morgan fingerprint density at radius 1 is 0.667 bits per heavy atom. The third-order valence-corrected chi connectivity index (χ3v) is 2.43. The Bertz CT molecular complexity index is 499. The van der Waals surface area contributed by atoms with Crippen molar-refractivity contribution in [3.63, 3.8) is 0 Å². The van der Waals surface area contributed by atoms with Crippen molar-refractivity contribution in [3.8, 4) is 0 Å². The summed E-state index contributed by atoms with van der Waals surface area (Å²) in [6.45, 7) is 0. The monoisotopic (exact) mass is 235 g/mol. The van der Waals surface area contributed by atoms with E-state index in [0.717, 1.165) is 11.0 Å². The van der Waals surface area contributed by atoms with Crippen LogP contribution in [0.5, 0.6) is 0 Å². The summed E-state index contributed by atoms with van der Waals surface area (Å²) in [7, 11) is 0. The van der Waals surface area contributed by atoms with E-state index in [-0.39, 0.29) is 17.1 Å². The van der Waals surface area contributed by atoms with E-state index >= 15 is 0 Å². The number of para-hydroxylation sites is 2.